The number of carbonyl (C=O) groups is 17. The summed E-state index contributed by atoms with van der Waals surface area (Å²) in [6, 6.07) is 28.6. The highest BCUT2D eigenvalue weighted by atomic mass is 16.7. The van der Waals surface area contributed by atoms with Crippen LogP contribution in [0.3, 0.4) is 0 Å². The number of aryl methyl sites for hydroxylation is 1. The molecule has 0 radical (unpaired) electrons. The van der Waals surface area contributed by atoms with Crippen molar-refractivity contribution in [3.8, 4) is 86.2 Å². The molecule has 0 amide bonds. The maximum atomic E-state index is 13.6. The number of fused-ring (bicyclic) bond motifs is 2. The topological polar surface area (TPSA) is 493 Å². The smallest absolute Gasteiger partial charge is 0.379 e. The van der Waals surface area contributed by atoms with Crippen molar-refractivity contribution in [2.24, 2.45) is 0 Å². The Bertz CT molecular complexity index is 6190. The van der Waals surface area contributed by atoms with E-state index in [0.717, 1.165) is 54.6 Å². The van der Waals surface area contributed by atoms with Gasteiger partial charge in [-0.3, -0.25) is 4.79 Å². The first-order chi connectivity index (χ1) is 66.8. The van der Waals surface area contributed by atoms with E-state index >= 15 is 0 Å². The van der Waals surface area contributed by atoms with Gasteiger partial charge in [0.2, 0.25) is 69.5 Å². The van der Waals surface area contributed by atoms with Crippen LogP contribution in [-0.4, -0.2) is 149 Å². The number of hydrogen-bond donors (Lipinski definition) is 0. The van der Waals surface area contributed by atoms with Gasteiger partial charge in [0, 0.05) is 68.2 Å². The second-order valence-electron chi connectivity index (χ2n) is 30.2. The summed E-state index contributed by atoms with van der Waals surface area (Å²) >= 11 is 0. The molecule has 8 rings (SSSR count). The fraction of sp³-hybridized carbons (Fsp3) is 0.194. The van der Waals surface area contributed by atoms with Crippen LogP contribution in [0.1, 0.15) is 130 Å². The minimum absolute atomic E-state index is 0.000214. The Morgan fingerprint density at radius 3 is 0.648 bits per heavy atom. The second-order valence-corrected chi connectivity index (χ2v) is 30.2. The molecule has 0 spiro atoms. The average molecular weight is 1960 g/mol. The van der Waals surface area contributed by atoms with Gasteiger partial charge in [0.25, 0.3) is 0 Å². The summed E-state index contributed by atoms with van der Waals surface area (Å²) in [5.41, 5.74) is 0.722. The Hall–Kier alpha value is -18.6. The van der Waals surface area contributed by atoms with Gasteiger partial charge >= 0.3 is 95.5 Å². The zero-order chi connectivity index (χ0) is 106. The van der Waals surface area contributed by atoms with Gasteiger partial charge in [0.05, 0.1) is 29.4 Å². The maximum Gasteiger partial charge on any atom is 0.379 e. The van der Waals surface area contributed by atoms with Crippen molar-refractivity contribution in [3.63, 3.8) is 0 Å². The number of rotatable bonds is 43. The lowest BCUT2D eigenvalue weighted by atomic mass is 10.1. The molecule has 0 unspecified atom stereocenters. The van der Waals surface area contributed by atoms with E-state index in [1.54, 1.807) is 12.1 Å². The lowest BCUT2D eigenvalue weighted by Gasteiger charge is -2.18. The van der Waals surface area contributed by atoms with E-state index in [1.165, 1.54) is 137 Å². The molecule has 0 heterocycles. The number of esters is 16. The van der Waals surface area contributed by atoms with Crippen LogP contribution >= 0.6 is 0 Å². The van der Waals surface area contributed by atoms with Crippen molar-refractivity contribution >= 4 is 123 Å². The SMILES string of the molecule is C=C(C)C(=O)OCOc1cc(C(=O)OC)cc(OCOC(=O)C(=C)C)c1OCOC(=O)C(=C)C.C=C(C)C(=O)OCOc1cc(C(=O)Oc2ccc3cc(C)ccc3c2)cc(OCOC(=O)C(=C)C)c1OCOC(=O)C(=C)C.C=C(C)C(=O)Oc1cc(C(=O)Oc2ccc3cc(OC(=O)c4cc(OC(=O)C(=C)C)c(OC(=O)C(C)=O)c(OC(=O)C(=C)C)c4)ccc3c2)cc(OC(=O)C(=C)C)c1OC(=O)C(=C)C. The molecular weight excluding hydrogens is 1860 g/mol. The largest absolute Gasteiger partial charge is 0.465 e. The first kappa shape index (κ1) is 112. The normalized spacial score (nSPS) is 10.2. The number of carbonyl (C=O) groups excluding carboxylic acids is 17. The van der Waals surface area contributed by atoms with Gasteiger partial charge in [-0.1, -0.05) is 114 Å². The van der Waals surface area contributed by atoms with E-state index in [2.05, 4.69) is 72.4 Å². The molecule has 0 bridgehead atoms. The Kier molecular flexibility index (Phi) is 41.5. The molecule has 0 saturated heterocycles. The van der Waals surface area contributed by atoms with E-state index in [0.29, 0.717) is 10.8 Å². The van der Waals surface area contributed by atoms with Crippen molar-refractivity contribution in [3.05, 3.63) is 283 Å². The Morgan fingerprint density at radius 1 is 0.211 bits per heavy atom. The lowest BCUT2D eigenvalue weighted by molar-refractivity contribution is -0.148. The summed E-state index contributed by atoms with van der Waals surface area (Å²) in [5, 5.41) is 2.77. The van der Waals surface area contributed by atoms with Gasteiger partial charge in [-0.05, 0) is 190 Å². The second kappa shape index (κ2) is 52.5. The Morgan fingerprint density at radius 2 is 0.415 bits per heavy atom. The van der Waals surface area contributed by atoms with E-state index in [4.69, 9.17) is 104 Å². The van der Waals surface area contributed by atoms with Crippen LogP contribution in [0.2, 0.25) is 0 Å². The molecule has 142 heavy (non-hydrogen) atoms. The van der Waals surface area contributed by atoms with Gasteiger partial charge in [-0.15, -0.1) is 0 Å². The van der Waals surface area contributed by atoms with Crippen molar-refractivity contribution in [1.82, 2.24) is 0 Å². The standard InChI is InChI=1S/C47H38O17.C33H32O11.C23H26O11/c1-22(2)40(49)59-34-18-30(19-35(60-41(50)23(3)4)38(34)63-44(53)26(9)10)46(55)57-32-14-12-29-17-33(15-13-28(29)16-32)58-47(56)31-20-36(61-42(51)24(5)6)39(64-45(54)27(11)48)37(21-31)62-43(52)25(7)8;1-19(2)30(34)41-16-38-27-14-25(33(37)44-26-11-10-23-12-22(7)8-9-24(23)13-26)15-28(39-17-42-31(35)20(3)4)29(27)40-18-43-32(36)21(5)6;1-13(2)20(24)32-10-29-17-8-16(23(27)28-7)9-18(30-11-33-21(25)14(3)4)19(17)31-12-34-22(26)15(5)6/h12-21H,1,3,5,7,9H2,2,4,6,8,10-11H3;8-15H,1,3,5,16-18H2,2,4,6-7H3;8-9H,1,3,5,10-12H2,2,4,6-7H3. The van der Waals surface area contributed by atoms with Crippen LogP contribution in [0, 0.1) is 6.92 Å². The van der Waals surface area contributed by atoms with E-state index < -0.39 is 177 Å². The van der Waals surface area contributed by atoms with Crippen LogP contribution < -0.4 is 71.1 Å². The highest BCUT2D eigenvalue weighted by Gasteiger charge is 2.32. The molecule has 742 valence electrons. The zero-order valence-electron chi connectivity index (χ0n) is 79.5. The lowest BCUT2D eigenvalue weighted by Crippen LogP contribution is -2.20. The van der Waals surface area contributed by atoms with Gasteiger partial charge in [0.15, 0.2) is 46.0 Å². The van der Waals surface area contributed by atoms with Crippen molar-refractivity contribution < 1.29 is 186 Å². The summed E-state index contributed by atoms with van der Waals surface area (Å²) in [7, 11) is 1.16. The minimum Gasteiger partial charge on any atom is -0.465 e. The summed E-state index contributed by atoms with van der Waals surface area (Å²) in [5.74, 6) is -19.5. The fourth-order valence-electron chi connectivity index (χ4n) is 10.0. The molecule has 0 aromatic heterocycles. The molecule has 0 aliphatic rings. The molecule has 0 N–H and O–H groups in total. The molecule has 39 nitrogen and oxygen atoms in total. The van der Waals surface area contributed by atoms with Crippen LogP contribution in [0.25, 0.3) is 21.5 Å². The summed E-state index contributed by atoms with van der Waals surface area (Å²) in [6.45, 7) is 53.0. The number of ketones is 1. The van der Waals surface area contributed by atoms with Crippen LogP contribution in [0.15, 0.2) is 255 Å². The van der Waals surface area contributed by atoms with Crippen LogP contribution in [0.4, 0.5) is 0 Å². The predicted octanol–water partition coefficient (Wildman–Crippen LogP) is 15.8. The quantitative estimate of drug-likeness (QED) is 0.00855. The van der Waals surface area contributed by atoms with E-state index in [-0.39, 0.29) is 135 Å². The highest BCUT2D eigenvalue weighted by Crippen LogP contribution is 2.45. The summed E-state index contributed by atoms with van der Waals surface area (Å²) < 4.78 is 116. The van der Waals surface area contributed by atoms with Gasteiger partial charge in [-0.2, -0.15) is 0 Å². The first-order valence-electron chi connectivity index (χ1n) is 41.1. The van der Waals surface area contributed by atoms with Crippen LogP contribution in [0.5, 0.6) is 86.2 Å². The van der Waals surface area contributed by atoms with Crippen molar-refractivity contribution in [2.45, 2.75) is 90.0 Å². The van der Waals surface area contributed by atoms with Gasteiger partial charge in [-0.25, -0.2) is 76.7 Å². The fourth-order valence-corrected chi connectivity index (χ4v) is 10.0. The van der Waals surface area contributed by atoms with Gasteiger partial charge in [0.1, 0.15) is 17.2 Å². The number of methoxy groups -OCH3 is 1. The number of hydrogen-bond acceptors (Lipinski definition) is 39. The average Bonchev–Trinajstić information content (AvgIpc) is 0.808. The highest BCUT2D eigenvalue weighted by molar-refractivity contribution is 6.33. The van der Waals surface area contributed by atoms with Gasteiger partial charge < -0.3 is 104 Å². The molecule has 8 aromatic rings. The molecular formula is C103H96O39. The molecule has 8 aromatic carbocycles. The van der Waals surface area contributed by atoms with E-state index in [9.17, 15) is 81.5 Å². The third-order valence-corrected chi connectivity index (χ3v) is 17.3. The summed E-state index contributed by atoms with van der Waals surface area (Å²) in [4.78, 5) is 210. The van der Waals surface area contributed by atoms with Crippen molar-refractivity contribution in [2.75, 3.05) is 47.9 Å². The molecule has 0 aliphatic carbocycles. The molecule has 0 saturated carbocycles. The number of ether oxygens (including phenoxy) is 22. The monoisotopic (exact) mass is 1960 g/mol. The number of benzene rings is 8. The third kappa shape index (κ3) is 34.0. The molecule has 39 heteroatoms. The molecule has 0 fully saturated rings. The number of Topliss-reactive ketones (excluding diaryl/α,β-unsaturated/α-hetero) is 1. The molecule has 0 atom stereocenters. The van der Waals surface area contributed by atoms with E-state index in [1.807, 2.05) is 31.2 Å². The Labute approximate surface area is 811 Å². The van der Waals surface area contributed by atoms with Crippen LogP contribution in [-0.2, 0) is 95.5 Å². The summed E-state index contributed by atoms with van der Waals surface area (Å²) in [6.07, 6.45) is 0. The third-order valence-electron chi connectivity index (χ3n) is 17.3. The predicted molar refractivity (Wildman–Crippen MR) is 502 cm³/mol. The van der Waals surface area contributed by atoms with Crippen molar-refractivity contribution in [1.29, 1.82) is 0 Å². The zero-order valence-corrected chi connectivity index (χ0v) is 79.5. The minimum atomic E-state index is -1.41. The maximum absolute atomic E-state index is 13.6. The Balaban J connectivity index is 0.000000345. The molecule has 0 aliphatic heterocycles. The first-order valence-corrected chi connectivity index (χ1v) is 41.1.